The predicted molar refractivity (Wildman–Crippen MR) is 111 cm³/mol. The Balaban J connectivity index is 0.00000132. The van der Waals surface area contributed by atoms with E-state index in [1.54, 1.807) is 11.3 Å². The molecule has 1 aliphatic heterocycles. The van der Waals surface area contributed by atoms with Gasteiger partial charge in [0.05, 0.1) is 10.6 Å². The van der Waals surface area contributed by atoms with Crippen molar-refractivity contribution < 1.29 is 0 Å². The molecule has 0 amide bonds. The molecule has 0 unspecified atom stereocenters. The SMILES string of the molecule is Br.Br.NC(=Nc1ccc(CCN2CCCC2)cc1)c1cccs1. The summed E-state index contributed by atoms with van der Waals surface area (Å²) in [5, 5.41) is 2.01. The molecule has 1 aromatic carbocycles. The van der Waals surface area contributed by atoms with Crippen LogP contribution >= 0.6 is 45.3 Å². The van der Waals surface area contributed by atoms with Crippen LogP contribution < -0.4 is 5.73 Å². The van der Waals surface area contributed by atoms with Crippen molar-refractivity contribution >= 4 is 56.8 Å². The van der Waals surface area contributed by atoms with Gasteiger partial charge in [0.25, 0.3) is 0 Å². The fourth-order valence-corrected chi connectivity index (χ4v) is 3.28. The zero-order valence-electron chi connectivity index (χ0n) is 13.0. The first kappa shape index (κ1) is 20.4. The Morgan fingerprint density at radius 3 is 2.39 bits per heavy atom. The van der Waals surface area contributed by atoms with Crippen LogP contribution in [0.1, 0.15) is 23.3 Å². The molecule has 126 valence electrons. The quantitative estimate of drug-likeness (QED) is 0.524. The molecule has 23 heavy (non-hydrogen) atoms. The second-order valence-electron chi connectivity index (χ2n) is 5.44. The lowest BCUT2D eigenvalue weighted by molar-refractivity contribution is 0.343. The molecule has 1 aromatic heterocycles. The van der Waals surface area contributed by atoms with E-state index in [1.807, 2.05) is 17.5 Å². The molecule has 2 N–H and O–H groups in total. The number of halogens is 2. The van der Waals surface area contributed by atoms with E-state index >= 15 is 0 Å². The minimum atomic E-state index is 0. The third-order valence-electron chi connectivity index (χ3n) is 3.87. The van der Waals surface area contributed by atoms with E-state index in [0.717, 1.165) is 17.0 Å². The van der Waals surface area contributed by atoms with E-state index in [2.05, 4.69) is 34.2 Å². The van der Waals surface area contributed by atoms with Gasteiger partial charge in [-0.3, -0.25) is 0 Å². The number of likely N-dealkylation sites (tertiary alicyclic amines) is 1. The van der Waals surface area contributed by atoms with Crippen molar-refractivity contribution in [1.82, 2.24) is 4.90 Å². The zero-order valence-corrected chi connectivity index (χ0v) is 17.2. The van der Waals surface area contributed by atoms with Crippen molar-refractivity contribution in [3.8, 4) is 0 Å². The van der Waals surface area contributed by atoms with Gasteiger partial charge >= 0.3 is 0 Å². The first-order valence-corrected chi connectivity index (χ1v) is 8.38. The molecular formula is C17H23Br2N3S. The molecule has 0 spiro atoms. The van der Waals surface area contributed by atoms with Crippen molar-refractivity contribution in [2.75, 3.05) is 19.6 Å². The summed E-state index contributed by atoms with van der Waals surface area (Å²) in [4.78, 5) is 8.04. The van der Waals surface area contributed by atoms with Crippen molar-refractivity contribution in [1.29, 1.82) is 0 Å². The Kier molecular flexibility index (Phi) is 9.06. The molecule has 0 aliphatic carbocycles. The molecule has 2 heterocycles. The number of aliphatic imine (C=N–C) groups is 1. The van der Waals surface area contributed by atoms with Crippen LogP contribution in [-0.2, 0) is 6.42 Å². The molecule has 3 rings (SSSR count). The average molecular weight is 461 g/mol. The smallest absolute Gasteiger partial charge is 0.141 e. The Hall–Kier alpha value is -0.690. The molecule has 0 bridgehead atoms. The van der Waals surface area contributed by atoms with Gasteiger partial charge in [0.1, 0.15) is 5.84 Å². The zero-order chi connectivity index (χ0) is 14.5. The lowest BCUT2D eigenvalue weighted by Crippen LogP contribution is -2.21. The summed E-state index contributed by atoms with van der Waals surface area (Å²) in [5.74, 6) is 0.592. The highest BCUT2D eigenvalue weighted by Crippen LogP contribution is 2.17. The summed E-state index contributed by atoms with van der Waals surface area (Å²) in [7, 11) is 0. The maximum atomic E-state index is 6.00. The highest BCUT2D eigenvalue weighted by atomic mass is 79.9. The topological polar surface area (TPSA) is 41.6 Å². The fraction of sp³-hybridized carbons (Fsp3) is 0.353. The van der Waals surface area contributed by atoms with Gasteiger partial charge in [0, 0.05) is 6.54 Å². The Morgan fingerprint density at radius 2 is 1.78 bits per heavy atom. The molecule has 1 saturated heterocycles. The number of hydrogen-bond donors (Lipinski definition) is 1. The minimum Gasteiger partial charge on any atom is -0.383 e. The maximum Gasteiger partial charge on any atom is 0.141 e. The van der Waals surface area contributed by atoms with E-state index in [1.165, 1.54) is 38.0 Å². The van der Waals surface area contributed by atoms with Crippen LogP contribution in [0.3, 0.4) is 0 Å². The van der Waals surface area contributed by atoms with Gasteiger partial charge in [0.15, 0.2) is 0 Å². The summed E-state index contributed by atoms with van der Waals surface area (Å²) in [6.07, 6.45) is 3.83. The summed E-state index contributed by atoms with van der Waals surface area (Å²) in [6.45, 7) is 3.69. The number of nitrogens with zero attached hydrogens (tertiary/aromatic N) is 2. The van der Waals surface area contributed by atoms with Crippen LogP contribution in [0.25, 0.3) is 0 Å². The normalized spacial score (nSPS) is 15.0. The first-order chi connectivity index (χ1) is 10.3. The van der Waals surface area contributed by atoms with Crippen LogP contribution in [0.5, 0.6) is 0 Å². The molecule has 0 atom stereocenters. The summed E-state index contributed by atoms with van der Waals surface area (Å²) in [5.41, 5.74) is 8.30. The fourth-order valence-electron chi connectivity index (χ4n) is 2.65. The highest BCUT2D eigenvalue weighted by molar-refractivity contribution is 8.93. The van der Waals surface area contributed by atoms with Crippen molar-refractivity contribution in [2.24, 2.45) is 10.7 Å². The summed E-state index contributed by atoms with van der Waals surface area (Å²) < 4.78 is 0. The Bertz CT molecular complexity index is 591. The molecule has 1 fully saturated rings. The third kappa shape index (κ3) is 6.03. The standard InChI is InChI=1S/C17H21N3S.2BrH/c18-17(16-4-3-13-21-16)19-15-7-5-14(6-8-15)9-12-20-10-1-2-11-20;;/h3-8,13H,1-2,9-12H2,(H2,18,19);2*1H. The van der Waals surface area contributed by atoms with Crippen LogP contribution in [0.2, 0.25) is 0 Å². The van der Waals surface area contributed by atoms with Crippen molar-refractivity contribution in [2.45, 2.75) is 19.3 Å². The number of thiophene rings is 1. The van der Waals surface area contributed by atoms with E-state index in [-0.39, 0.29) is 34.0 Å². The molecule has 0 saturated carbocycles. The van der Waals surface area contributed by atoms with Crippen LogP contribution in [0.15, 0.2) is 46.8 Å². The number of rotatable bonds is 5. The monoisotopic (exact) mass is 459 g/mol. The number of nitrogens with two attached hydrogens (primary N) is 1. The van der Waals surface area contributed by atoms with E-state index in [0.29, 0.717) is 5.84 Å². The minimum absolute atomic E-state index is 0. The van der Waals surface area contributed by atoms with Crippen LogP contribution in [0, 0.1) is 0 Å². The van der Waals surface area contributed by atoms with Gasteiger partial charge in [-0.25, -0.2) is 4.99 Å². The molecule has 1 aliphatic rings. The van der Waals surface area contributed by atoms with E-state index in [4.69, 9.17) is 5.73 Å². The first-order valence-electron chi connectivity index (χ1n) is 7.50. The van der Waals surface area contributed by atoms with Crippen molar-refractivity contribution in [3.05, 3.63) is 52.2 Å². The van der Waals surface area contributed by atoms with E-state index in [9.17, 15) is 0 Å². The average Bonchev–Trinajstić information content (AvgIpc) is 3.20. The third-order valence-corrected chi connectivity index (χ3v) is 4.77. The number of benzene rings is 1. The van der Waals surface area contributed by atoms with Gasteiger partial charge in [-0.05, 0) is 61.5 Å². The summed E-state index contributed by atoms with van der Waals surface area (Å²) in [6, 6.07) is 12.4. The second-order valence-corrected chi connectivity index (χ2v) is 6.39. The van der Waals surface area contributed by atoms with Crippen LogP contribution in [0.4, 0.5) is 5.69 Å². The predicted octanol–water partition coefficient (Wildman–Crippen LogP) is 4.58. The summed E-state index contributed by atoms with van der Waals surface area (Å²) >= 11 is 1.61. The van der Waals surface area contributed by atoms with Gasteiger partial charge < -0.3 is 10.6 Å². The van der Waals surface area contributed by atoms with Crippen molar-refractivity contribution in [3.63, 3.8) is 0 Å². The maximum absolute atomic E-state index is 6.00. The molecule has 2 aromatic rings. The Labute approximate surface area is 163 Å². The largest absolute Gasteiger partial charge is 0.383 e. The van der Waals surface area contributed by atoms with Crippen LogP contribution in [-0.4, -0.2) is 30.4 Å². The molecule has 0 radical (unpaired) electrons. The molecular weight excluding hydrogens is 438 g/mol. The highest BCUT2D eigenvalue weighted by Gasteiger charge is 2.10. The molecule has 6 heteroatoms. The van der Waals surface area contributed by atoms with Gasteiger partial charge in [-0.2, -0.15) is 0 Å². The van der Waals surface area contributed by atoms with E-state index < -0.39 is 0 Å². The van der Waals surface area contributed by atoms with Gasteiger partial charge in [-0.15, -0.1) is 45.3 Å². The van der Waals surface area contributed by atoms with Gasteiger partial charge in [-0.1, -0.05) is 18.2 Å². The van der Waals surface area contributed by atoms with Gasteiger partial charge in [0.2, 0.25) is 0 Å². The Morgan fingerprint density at radius 1 is 1.09 bits per heavy atom. The lowest BCUT2D eigenvalue weighted by atomic mass is 10.1. The lowest BCUT2D eigenvalue weighted by Gasteiger charge is -2.14. The number of hydrogen-bond acceptors (Lipinski definition) is 3. The molecule has 3 nitrogen and oxygen atoms in total. The second kappa shape index (κ2) is 10.2. The number of amidine groups is 1.